The smallest absolute Gasteiger partial charge is 0.119 e. The summed E-state index contributed by atoms with van der Waals surface area (Å²) in [5.74, 6) is 2.40. The number of hydrogen-bond acceptors (Lipinski definition) is 2. The SMILES string of the molecule is C[C@H]1CC[C@@H]1COc1ccc(C#N)cc1. The van der Waals surface area contributed by atoms with Crippen LogP contribution in [-0.2, 0) is 0 Å². The van der Waals surface area contributed by atoms with E-state index in [-0.39, 0.29) is 0 Å². The number of nitrogens with zero attached hydrogens (tertiary/aromatic N) is 1. The Bertz CT molecular complexity index is 363. The summed E-state index contributed by atoms with van der Waals surface area (Å²) in [6, 6.07) is 9.40. The van der Waals surface area contributed by atoms with Crippen LogP contribution in [0.5, 0.6) is 5.75 Å². The van der Waals surface area contributed by atoms with Gasteiger partial charge in [0.05, 0.1) is 18.2 Å². The van der Waals surface area contributed by atoms with Crippen LogP contribution >= 0.6 is 0 Å². The van der Waals surface area contributed by atoms with Crippen molar-refractivity contribution in [2.45, 2.75) is 19.8 Å². The molecule has 0 aromatic heterocycles. The Balaban J connectivity index is 1.86. The van der Waals surface area contributed by atoms with Gasteiger partial charge < -0.3 is 4.74 Å². The quantitative estimate of drug-likeness (QED) is 0.753. The molecule has 0 bridgehead atoms. The fourth-order valence-corrected chi connectivity index (χ4v) is 1.81. The van der Waals surface area contributed by atoms with Gasteiger partial charge in [0, 0.05) is 0 Å². The van der Waals surface area contributed by atoms with E-state index in [0.29, 0.717) is 5.56 Å². The van der Waals surface area contributed by atoms with E-state index in [2.05, 4.69) is 13.0 Å². The molecule has 1 aromatic carbocycles. The van der Waals surface area contributed by atoms with Crippen molar-refractivity contribution in [3.05, 3.63) is 29.8 Å². The lowest BCUT2D eigenvalue weighted by atomic mass is 9.75. The van der Waals surface area contributed by atoms with E-state index < -0.39 is 0 Å². The zero-order valence-electron chi connectivity index (χ0n) is 8.94. The predicted molar refractivity (Wildman–Crippen MR) is 58.5 cm³/mol. The molecule has 0 spiro atoms. The molecule has 2 nitrogen and oxygen atoms in total. The zero-order valence-corrected chi connectivity index (χ0v) is 8.94. The van der Waals surface area contributed by atoms with Gasteiger partial charge in [0.1, 0.15) is 5.75 Å². The maximum absolute atomic E-state index is 8.64. The summed E-state index contributed by atoms with van der Waals surface area (Å²) in [4.78, 5) is 0. The van der Waals surface area contributed by atoms with Gasteiger partial charge in [-0.15, -0.1) is 0 Å². The molecule has 0 aliphatic heterocycles. The monoisotopic (exact) mass is 201 g/mol. The minimum atomic E-state index is 0.680. The van der Waals surface area contributed by atoms with Crippen molar-refractivity contribution in [3.8, 4) is 11.8 Å². The molecular formula is C13H15NO. The first-order valence-electron chi connectivity index (χ1n) is 5.42. The number of benzene rings is 1. The molecule has 78 valence electrons. The fourth-order valence-electron chi connectivity index (χ4n) is 1.81. The lowest BCUT2D eigenvalue weighted by Gasteiger charge is -2.33. The zero-order chi connectivity index (χ0) is 10.7. The molecule has 2 atom stereocenters. The van der Waals surface area contributed by atoms with E-state index in [1.807, 2.05) is 12.1 Å². The van der Waals surface area contributed by atoms with Crippen LogP contribution in [0.2, 0.25) is 0 Å². The highest BCUT2D eigenvalue weighted by molar-refractivity contribution is 5.34. The third-order valence-electron chi connectivity index (χ3n) is 3.25. The van der Waals surface area contributed by atoms with Crippen molar-refractivity contribution in [2.75, 3.05) is 6.61 Å². The van der Waals surface area contributed by atoms with Gasteiger partial charge >= 0.3 is 0 Å². The van der Waals surface area contributed by atoms with Crippen molar-refractivity contribution in [1.29, 1.82) is 5.26 Å². The largest absolute Gasteiger partial charge is 0.493 e. The molecule has 0 heterocycles. The van der Waals surface area contributed by atoms with E-state index in [9.17, 15) is 0 Å². The first kappa shape index (κ1) is 10.0. The van der Waals surface area contributed by atoms with E-state index in [1.54, 1.807) is 12.1 Å². The molecule has 0 unspecified atom stereocenters. The van der Waals surface area contributed by atoms with E-state index in [1.165, 1.54) is 12.8 Å². The van der Waals surface area contributed by atoms with Crippen molar-refractivity contribution < 1.29 is 4.74 Å². The van der Waals surface area contributed by atoms with Gasteiger partial charge in [-0.05, 0) is 48.9 Å². The molecule has 1 aliphatic carbocycles. The highest BCUT2D eigenvalue weighted by Crippen LogP contribution is 2.33. The highest BCUT2D eigenvalue weighted by atomic mass is 16.5. The van der Waals surface area contributed by atoms with E-state index in [4.69, 9.17) is 10.00 Å². The average molecular weight is 201 g/mol. The molecule has 1 fully saturated rings. The van der Waals surface area contributed by atoms with Crippen LogP contribution in [0.25, 0.3) is 0 Å². The molecular weight excluding hydrogens is 186 g/mol. The first-order chi connectivity index (χ1) is 7.29. The third kappa shape index (κ3) is 2.30. The van der Waals surface area contributed by atoms with E-state index in [0.717, 1.165) is 24.2 Å². The molecule has 0 amide bonds. The Morgan fingerprint density at radius 2 is 2.07 bits per heavy atom. The van der Waals surface area contributed by atoms with Crippen LogP contribution in [0, 0.1) is 23.2 Å². The predicted octanol–water partition coefficient (Wildman–Crippen LogP) is 2.98. The van der Waals surface area contributed by atoms with Crippen LogP contribution in [0.1, 0.15) is 25.3 Å². The number of nitriles is 1. The Kier molecular flexibility index (Phi) is 2.91. The summed E-state index contributed by atoms with van der Waals surface area (Å²) in [6.07, 6.45) is 2.62. The number of rotatable bonds is 3. The van der Waals surface area contributed by atoms with Gasteiger partial charge in [-0.2, -0.15) is 5.26 Å². The molecule has 1 aliphatic rings. The Morgan fingerprint density at radius 3 is 2.53 bits per heavy atom. The molecule has 0 N–H and O–H groups in total. The molecule has 2 heteroatoms. The Morgan fingerprint density at radius 1 is 1.33 bits per heavy atom. The topological polar surface area (TPSA) is 33.0 Å². The van der Waals surface area contributed by atoms with Gasteiger partial charge in [0.25, 0.3) is 0 Å². The number of ether oxygens (including phenoxy) is 1. The van der Waals surface area contributed by atoms with Crippen molar-refractivity contribution in [2.24, 2.45) is 11.8 Å². The maximum atomic E-state index is 8.64. The second kappa shape index (κ2) is 4.35. The minimum absolute atomic E-state index is 0.680. The van der Waals surface area contributed by atoms with Crippen molar-refractivity contribution in [1.82, 2.24) is 0 Å². The van der Waals surface area contributed by atoms with Crippen LogP contribution in [-0.4, -0.2) is 6.61 Å². The third-order valence-corrected chi connectivity index (χ3v) is 3.25. The standard InChI is InChI=1S/C13H15NO/c1-10-2-5-12(10)9-15-13-6-3-11(8-14)4-7-13/h3-4,6-7,10,12H,2,5,9H2,1H3/t10-,12+/m0/s1. The van der Waals surface area contributed by atoms with Gasteiger partial charge in [-0.1, -0.05) is 6.92 Å². The summed E-state index contributed by atoms with van der Waals surface area (Å²) in [5, 5.41) is 8.64. The van der Waals surface area contributed by atoms with Gasteiger partial charge in [0.15, 0.2) is 0 Å². The van der Waals surface area contributed by atoms with Crippen LogP contribution in [0.4, 0.5) is 0 Å². The summed E-state index contributed by atoms with van der Waals surface area (Å²) < 4.78 is 5.67. The summed E-state index contributed by atoms with van der Waals surface area (Å²) in [7, 11) is 0. The average Bonchev–Trinajstić information content (AvgIpc) is 2.28. The second-order valence-corrected chi connectivity index (χ2v) is 4.26. The molecule has 1 saturated carbocycles. The fraction of sp³-hybridized carbons (Fsp3) is 0.462. The Labute approximate surface area is 90.5 Å². The van der Waals surface area contributed by atoms with Crippen molar-refractivity contribution >= 4 is 0 Å². The van der Waals surface area contributed by atoms with E-state index >= 15 is 0 Å². The molecule has 2 rings (SSSR count). The lowest BCUT2D eigenvalue weighted by molar-refractivity contribution is 0.116. The van der Waals surface area contributed by atoms with Crippen LogP contribution in [0.3, 0.4) is 0 Å². The highest BCUT2D eigenvalue weighted by Gasteiger charge is 2.26. The van der Waals surface area contributed by atoms with Crippen LogP contribution < -0.4 is 4.74 Å². The maximum Gasteiger partial charge on any atom is 0.119 e. The Hall–Kier alpha value is -1.49. The van der Waals surface area contributed by atoms with Gasteiger partial charge in [0.2, 0.25) is 0 Å². The molecule has 0 radical (unpaired) electrons. The molecule has 0 saturated heterocycles. The summed E-state index contributed by atoms with van der Waals surface area (Å²) in [5.41, 5.74) is 0.680. The molecule has 1 aromatic rings. The first-order valence-corrected chi connectivity index (χ1v) is 5.42. The molecule has 15 heavy (non-hydrogen) atoms. The van der Waals surface area contributed by atoms with Crippen molar-refractivity contribution in [3.63, 3.8) is 0 Å². The second-order valence-electron chi connectivity index (χ2n) is 4.26. The minimum Gasteiger partial charge on any atom is -0.493 e. The van der Waals surface area contributed by atoms with Gasteiger partial charge in [-0.3, -0.25) is 0 Å². The summed E-state index contributed by atoms with van der Waals surface area (Å²) in [6.45, 7) is 3.09. The lowest BCUT2D eigenvalue weighted by Crippen LogP contribution is -2.28. The number of hydrogen-bond donors (Lipinski definition) is 0. The van der Waals surface area contributed by atoms with Crippen LogP contribution in [0.15, 0.2) is 24.3 Å². The summed E-state index contributed by atoms with van der Waals surface area (Å²) >= 11 is 0. The van der Waals surface area contributed by atoms with Gasteiger partial charge in [-0.25, -0.2) is 0 Å². The normalized spacial score (nSPS) is 24.0.